The molecule has 1 unspecified atom stereocenters. The molecule has 0 N–H and O–H groups in total. The zero-order valence-corrected chi connectivity index (χ0v) is 34.0. The van der Waals surface area contributed by atoms with Crippen LogP contribution in [0.5, 0.6) is 5.75 Å². The van der Waals surface area contributed by atoms with Crippen LogP contribution in [0.4, 0.5) is 0 Å². The number of methoxy groups -OCH3 is 2. The Morgan fingerprint density at radius 3 is 2.53 bits per heavy atom. The molecule has 0 fully saturated rings. The summed E-state index contributed by atoms with van der Waals surface area (Å²) < 4.78 is 37.2. The average Bonchev–Trinajstić information content (AvgIpc) is 3.06. The fourth-order valence-electron chi connectivity index (χ4n) is 6.28. The van der Waals surface area contributed by atoms with Gasteiger partial charge in [0.15, 0.2) is 8.32 Å². The van der Waals surface area contributed by atoms with Crippen LogP contribution in [-0.2, 0) is 30.0 Å². The van der Waals surface area contributed by atoms with E-state index in [4.69, 9.17) is 34.5 Å². The summed E-state index contributed by atoms with van der Waals surface area (Å²) in [7, 11) is 1.35. The fraction of sp³-hybridized carbons (Fsp3) is 0.591. The number of terminal acetylenes is 1. The van der Waals surface area contributed by atoms with E-state index in [0.717, 1.165) is 43.4 Å². The highest BCUT2D eigenvalue weighted by Gasteiger charge is 2.39. The lowest BCUT2D eigenvalue weighted by Crippen LogP contribution is -2.43. The van der Waals surface area contributed by atoms with E-state index < -0.39 is 8.32 Å². The van der Waals surface area contributed by atoms with Gasteiger partial charge in [0.25, 0.3) is 0 Å². The van der Waals surface area contributed by atoms with Gasteiger partial charge < -0.3 is 28.1 Å². The predicted octanol–water partition coefficient (Wildman–Crippen LogP) is 10.3. The summed E-state index contributed by atoms with van der Waals surface area (Å²) in [6.45, 7) is 21.6. The lowest BCUT2D eigenvalue weighted by molar-refractivity contribution is -0.0420. The highest BCUT2D eigenvalue weighted by atomic mass is 28.4. The topological polar surface area (TPSA) is 55.4 Å². The van der Waals surface area contributed by atoms with Crippen LogP contribution in [0.2, 0.25) is 18.1 Å². The third-order valence-electron chi connectivity index (χ3n) is 10.2. The van der Waals surface area contributed by atoms with Gasteiger partial charge in [-0.25, -0.2) is 0 Å². The maximum atomic E-state index is 7.02. The number of hydrogen-bond donors (Lipinski definition) is 0. The summed E-state index contributed by atoms with van der Waals surface area (Å²) >= 11 is 0. The van der Waals surface area contributed by atoms with E-state index in [1.54, 1.807) is 14.2 Å². The minimum absolute atomic E-state index is 0.0239. The van der Waals surface area contributed by atoms with E-state index in [1.807, 2.05) is 24.3 Å². The lowest BCUT2D eigenvalue weighted by Gasteiger charge is -2.39. The van der Waals surface area contributed by atoms with Crippen molar-refractivity contribution in [3.8, 4) is 18.1 Å². The Bertz CT molecular complexity index is 1360. The molecule has 0 saturated carbocycles. The largest absolute Gasteiger partial charge is 0.497 e. The van der Waals surface area contributed by atoms with E-state index >= 15 is 0 Å². The highest BCUT2D eigenvalue weighted by molar-refractivity contribution is 6.74. The van der Waals surface area contributed by atoms with Crippen LogP contribution in [0.3, 0.4) is 0 Å². The summed E-state index contributed by atoms with van der Waals surface area (Å²) in [4.78, 5) is 0. The molecule has 2 heterocycles. The Labute approximate surface area is 311 Å². The molecule has 2 aliphatic rings. The third kappa shape index (κ3) is 15.1. The number of ether oxygens (including phenoxy) is 5. The predicted molar refractivity (Wildman–Crippen MR) is 213 cm³/mol. The minimum atomic E-state index is -2.07. The fourth-order valence-corrected chi connectivity index (χ4v) is 7.56. The molecule has 282 valence electrons. The molecule has 1 aromatic carbocycles. The summed E-state index contributed by atoms with van der Waals surface area (Å²) in [5, 5.41) is 0.0825. The van der Waals surface area contributed by atoms with Gasteiger partial charge in [-0.3, -0.25) is 0 Å². The number of rotatable bonds is 20. The molecule has 0 radical (unpaired) electrons. The first-order chi connectivity index (χ1) is 24.2. The first-order valence-corrected chi connectivity index (χ1v) is 21.6. The van der Waals surface area contributed by atoms with Gasteiger partial charge in [-0.05, 0) is 87.2 Å². The summed E-state index contributed by atoms with van der Waals surface area (Å²) in [5.41, 5.74) is 3.62. The molecular formula is C44H66O6Si. The molecule has 6 nitrogen and oxygen atoms in total. The van der Waals surface area contributed by atoms with Gasteiger partial charge in [0, 0.05) is 13.5 Å². The Morgan fingerprint density at radius 1 is 1.14 bits per heavy atom. The molecule has 0 amide bonds. The molecule has 0 spiro atoms. The Kier molecular flexibility index (Phi) is 17.7. The van der Waals surface area contributed by atoms with Crippen LogP contribution in [0, 0.1) is 18.3 Å². The molecule has 2 aliphatic heterocycles. The van der Waals surface area contributed by atoms with E-state index in [9.17, 15) is 0 Å². The Balaban J connectivity index is 1.74. The summed E-state index contributed by atoms with van der Waals surface area (Å²) in [6, 6.07) is 8.00. The molecule has 3 rings (SSSR count). The van der Waals surface area contributed by atoms with Gasteiger partial charge in [-0.2, -0.15) is 0 Å². The molecule has 0 aliphatic carbocycles. The van der Waals surface area contributed by atoms with Crippen molar-refractivity contribution in [1.82, 2.24) is 0 Å². The second-order valence-electron chi connectivity index (χ2n) is 15.9. The molecule has 0 saturated heterocycles. The Hall–Kier alpha value is -2.70. The van der Waals surface area contributed by atoms with Crippen molar-refractivity contribution in [2.75, 3.05) is 20.8 Å². The second-order valence-corrected chi connectivity index (χ2v) is 20.6. The highest BCUT2D eigenvalue weighted by Crippen LogP contribution is 2.38. The van der Waals surface area contributed by atoms with Crippen molar-refractivity contribution in [3.63, 3.8) is 0 Å². The maximum Gasteiger partial charge on any atom is 0.192 e. The first-order valence-electron chi connectivity index (χ1n) is 18.7. The standard InChI is InChI=1S/C44H66O6Si/c1-12-15-38-16-13-17-40(49-38)30-34(3)28-35(4)31-41(50-51(10,11)44(5,6)7)18-14-19-43(48-32-36-20-22-37(45-8)23-21-36)42(46-9)25-24-39-29-33(2)26-27-47-39/h1,13-14,16,18,20-26,34,38-43H,4,15,17,19,27-32H2,2-3,5-11H3/t34-,38+,39+,40-,41?,42-,43-/m0/s1. The van der Waals surface area contributed by atoms with Gasteiger partial charge in [-0.1, -0.05) is 100 Å². The summed E-state index contributed by atoms with van der Waals surface area (Å²) in [5.74, 6) is 3.99. The second kappa shape index (κ2) is 21.1. The van der Waals surface area contributed by atoms with Crippen LogP contribution >= 0.6 is 0 Å². The van der Waals surface area contributed by atoms with Crippen molar-refractivity contribution in [2.24, 2.45) is 5.92 Å². The Morgan fingerprint density at radius 2 is 1.88 bits per heavy atom. The third-order valence-corrected chi connectivity index (χ3v) is 14.7. The van der Waals surface area contributed by atoms with Gasteiger partial charge in [-0.15, -0.1) is 12.3 Å². The van der Waals surface area contributed by atoms with Crippen LogP contribution < -0.4 is 4.74 Å². The van der Waals surface area contributed by atoms with Crippen LogP contribution in [0.15, 0.2) is 84.5 Å². The monoisotopic (exact) mass is 718 g/mol. The van der Waals surface area contributed by atoms with Crippen molar-refractivity contribution in [3.05, 3.63) is 90.1 Å². The van der Waals surface area contributed by atoms with E-state index in [2.05, 4.69) is 103 Å². The number of hydrogen-bond acceptors (Lipinski definition) is 6. The van der Waals surface area contributed by atoms with Crippen molar-refractivity contribution in [2.45, 2.75) is 141 Å². The van der Waals surface area contributed by atoms with E-state index in [-0.39, 0.29) is 41.7 Å². The smallest absolute Gasteiger partial charge is 0.192 e. The zero-order valence-electron chi connectivity index (χ0n) is 33.0. The minimum Gasteiger partial charge on any atom is -0.497 e. The van der Waals surface area contributed by atoms with Crippen molar-refractivity contribution in [1.29, 1.82) is 0 Å². The van der Waals surface area contributed by atoms with Crippen LogP contribution in [-0.4, -0.2) is 65.8 Å². The lowest BCUT2D eigenvalue weighted by atomic mass is 9.91. The van der Waals surface area contributed by atoms with Gasteiger partial charge in [0.1, 0.15) is 11.9 Å². The molecule has 51 heavy (non-hydrogen) atoms. The molecule has 7 atom stereocenters. The van der Waals surface area contributed by atoms with Crippen LogP contribution in [0.1, 0.15) is 85.1 Å². The average molecular weight is 719 g/mol. The van der Waals surface area contributed by atoms with Gasteiger partial charge >= 0.3 is 0 Å². The van der Waals surface area contributed by atoms with Crippen molar-refractivity contribution < 1.29 is 28.1 Å². The maximum absolute atomic E-state index is 7.02. The number of benzene rings is 1. The SMILES string of the molecule is C#CC[C@@H]1C=CC[C@@H](C[C@@H](C)CC(=C)CC(C=CC[C@H](OCc2ccc(OC)cc2)[C@H](C=C[C@@H]2CC(C)=CCO2)OC)O[Si](C)(C)C(C)(C)C)O1. The van der Waals surface area contributed by atoms with E-state index in [0.29, 0.717) is 32.0 Å². The van der Waals surface area contributed by atoms with Crippen molar-refractivity contribution >= 4 is 8.32 Å². The molecule has 1 aromatic rings. The molecule has 0 bridgehead atoms. The van der Waals surface area contributed by atoms with Crippen LogP contribution in [0.25, 0.3) is 0 Å². The first kappa shape index (κ1) is 42.7. The van der Waals surface area contributed by atoms with E-state index in [1.165, 1.54) is 11.1 Å². The quantitative estimate of drug-likeness (QED) is 0.0760. The summed E-state index contributed by atoms with van der Waals surface area (Å²) in [6.07, 6.45) is 26.1. The molecule has 7 heteroatoms. The zero-order chi connectivity index (χ0) is 37.4. The van der Waals surface area contributed by atoms with Gasteiger partial charge in [0.2, 0.25) is 0 Å². The normalized spacial score (nSPS) is 22.4. The molecular weight excluding hydrogens is 653 g/mol. The molecule has 0 aromatic heterocycles. The van der Waals surface area contributed by atoms with Gasteiger partial charge in [0.05, 0.1) is 50.8 Å².